The second-order valence-corrected chi connectivity index (χ2v) is 7.36. The number of nitrogens with zero attached hydrogens (tertiary/aromatic N) is 5. The van der Waals surface area contributed by atoms with Gasteiger partial charge in [0.25, 0.3) is 0 Å². The van der Waals surface area contributed by atoms with Crippen molar-refractivity contribution in [2.24, 2.45) is 4.99 Å². The van der Waals surface area contributed by atoms with Crippen molar-refractivity contribution in [2.75, 3.05) is 26.2 Å². The van der Waals surface area contributed by atoms with Gasteiger partial charge in [0.05, 0.1) is 0 Å². The van der Waals surface area contributed by atoms with Crippen molar-refractivity contribution >= 4 is 5.96 Å². The third kappa shape index (κ3) is 4.96. The monoisotopic (exact) mass is 361 g/mol. The smallest absolute Gasteiger partial charge is 0.191 e. The summed E-state index contributed by atoms with van der Waals surface area (Å²) in [5, 5.41) is 15.5. The van der Waals surface area contributed by atoms with Crippen LogP contribution < -0.4 is 10.6 Å². The van der Waals surface area contributed by atoms with Crippen molar-refractivity contribution in [1.29, 1.82) is 0 Å². The number of piperidine rings is 1. The van der Waals surface area contributed by atoms with E-state index in [1.165, 1.54) is 45.1 Å². The van der Waals surface area contributed by atoms with Gasteiger partial charge < -0.3 is 15.2 Å². The van der Waals surface area contributed by atoms with Crippen LogP contribution >= 0.6 is 0 Å². The lowest BCUT2D eigenvalue weighted by molar-refractivity contribution is 0.147. The maximum Gasteiger partial charge on any atom is 0.191 e. The first-order valence-corrected chi connectivity index (χ1v) is 10.5. The summed E-state index contributed by atoms with van der Waals surface area (Å²) >= 11 is 0. The Balaban J connectivity index is 1.51. The highest BCUT2D eigenvalue weighted by Crippen LogP contribution is 2.18. The molecule has 2 aliphatic rings. The molecule has 0 spiro atoms. The van der Waals surface area contributed by atoms with E-state index in [2.05, 4.69) is 44.1 Å². The van der Waals surface area contributed by atoms with Gasteiger partial charge in [-0.25, -0.2) is 4.99 Å². The number of aliphatic imine (C=N–C) groups is 1. The van der Waals surface area contributed by atoms with Crippen LogP contribution in [0.1, 0.15) is 64.0 Å². The van der Waals surface area contributed by atoms with Crippen LogP contribution in [0.2, 0.25) is 0 Å². The Bertz CT molecular complexity index is 580. The topological polar surface area (TPSA) is 70.4 Å². The lowest BCUT2D eigenvalue weighted by Gasteiger charge is -2.35. The van der Waals surface area contributed by atoms with Crippen LogP contribution in [0.25, 0.3) is 0 Å². The van der Waals surface area contributed by atoms with E-state index in [1.807, 2.05) is 0 Å². The Hall–Kier alpha value is -1.63. The fourth-order valence-electron chi connectivity index (χ4n) is 4.11. The maximum atomic E-state index is 4.74. The van der Waals surface area contributed by atoms with Crippen molar-refractivity contribution < 1.29 is 0 Å². The molecule has 0 aliphatic carbocycles. The first kappa shape index (κ1) is 19.1. The van der Waals surface area contributed by atoms with E-state index in [1.54, 1.807) is 0 Å². The molecular formula is C19H35N7. The molecule has 7 heteroatoms. The Kier molecular flexibility index (Phi) is 7.29. The number of rotatable bonds is 7. The van der Waals surface area contributed by atoms with E-state index in [4.69, 9.17) is 4.99 Å². The number of fused-ring (bicyclic) bond motifs is 1. The number of aryl methyl sites for hydroxylation is 1. The van der Waals surface area contributed by atoms with Crippen LogP contribution in [0.15, 0.2) is 4.99 Å². The average molecular weight is 362 g/mol. The van der Waals surface area contributed by atoms with Gasteiger partial charge in [-0.05, 0) is 45.6 Å². The summed E-state index contributed by atoms with van der Waals surface area (Å²) in [6.07, 6.45) is 8.81. The zero-order chi connectivity index (χ0) is 18.2. The molecule has 0 radical (unpaired) electrons. The predicted molar refractivity (Wildman–Crippen MR) is 105 cm³/mol. The SMILES string of the molecule is CCNC(=NCc1nnc2n1CCCC2)NCCN1CCCCC1CC. The van der Waals surface area contributed by atoms with Gasteiger partial charge in [0.1, 0.15) is 12.4 Å². The molecule has 0 aromatic carbocycles. The summed E-state index contributed by atoms with van der Waals surface area (Å²) in [6.45, 7) is 10.2. The fourth-order valence-corrected chi connectivity index (χ4v) is 4.11. The van der Waals surface area contributed by atoms with Gasteiger partial charge in [0.2, 0.25) is 0 Å². The molecule has 1 atom stereocenters. The molecule has 0 amide bonds. The minimum absolute atomic E-state index is 0.587. The second kappa shape index (κ2) is 9.90. The molecule has 26 heavy (non-hydrogen) atoms. The quantitative estimate of drug-likeness (QED) is 0.574. The summed E-state index contributed by atoms with van der Waals surface area (Å²) in [6, 6.07) is 0.757. The molecule has 1 aromatic rings. The number of hydrogen-bond acceptors (Lipinski definition) is 4. The fraction of sp³-hybridized carbons (Fsp3) is 0.842. The normalized spacial score (nSPS) is 21.5. The molecule has 0 saturated carbocycles. The molecule has 1 fully saturated rings. The van der Waals surface area contributed by atoms with Crippen molar-refractivity contribution in [3.63, 3.8) is 0 Å². The Labute approximate surface area is 157 Å². The van der Waals surface area contributed by atoms with Crippen molar-refractivity contribution in [3.8, 4) is 0 Å². The molecule has 3 heterocycles. The average Bonchev–Trinajstić information content (AvgIpc) is 3.09. The molecular weight excluding hydrogens is 326 g/mol. The summed E-state index contributed by atoms with van der Waals surface area (Å²) in [5.74, 6) is 2.99. The standard InChI is InChI=1S/C19H35N7/c1-3-16-9-5-7-12-25(16)14-11-21-19(20-4-2)22-15-18-24-23-17-10-6-8-13-26(17)18/h16H,3-15H2,1-2H3,(H2,20,21,22). The molecule has 146 valence electrons. The van der Waals surface area contributed by atoms with Gasteiger partial charge in [-0.3, -0.25) is 4.90 Å². The number of guanidine groups is 1. The van der Waals surface area contributed by atoms with Crippen LogP contribution in [0.3, 0.4) is 0 Å². The van der Waals surface area contributed by atoms with Crippen molar-refractivity contribution in [3.05, 3.63) is 11.6 Å². The van der Waals surface area contributed by atoms with Crippen LogP contribution in [0.4, 0.5) is 0 Å². The molecule has 1 aromatic heterocycles. The maximum absolute atomic E-state index is 4.74. The van der Waals surface area contributed by atoms with Gasteiger partial charge in [0, 0.05) is 38.6 Å². The first-order chi connectivity index (χ1) is 12.8. The van der Waals surface area contributed by atoms with Gasteiger partial charge in [-0.1, -0.05) is 13.3 Å². The minimum atomic E-state index is 0.587. The van der Waals surface area contributed by atoms with Crippen LogP contribution in [-0.2, 0) is 19.5 Å². The highest BCUT2D eigenvalue weighted by atomic mass is 15.3. The molecule has 0 bridgehead atoms. The lowest BCUT2D eigenvalue weighted by atomic mass is 10.0. The number of aromatic nitrogens is 3. The zero-order valence-electron chi connectivity index (χ0n) is 16.5. The molecule has 2 N–H and O–H groups in total. The van der Waals surface area contributed by atoms with E-state index in [-0.39, 0.29) is 0 Å². The highest BCUT2D eigenvalue weighted by Gasteiger charge is 2.20. The van der Waals surface area contributed by atoms with Crippen LogP contribution in [0.5, 0.6) is 0 Å². The molecule has 1 saturated heterocycles. The Morgan fingerprint density at radius 3 is 2.85 bits per heavy atom. The van der Waals surface area contributed by atoms with Gasteiger partial charge in [0.15, 0.2) is 11.8 Å². The largest absolute Gasteiger partial charge is 0.357 e. The Morgan fingerprint density at radius 1 is 1.12 bits per heavy atom. The van der Waals surface area contributed by atoms with E-state index < -0.39 is 0 Å². The minimum Gasteiger partial charge on any atom is -0.357 e. The van der Waals surface area contributed by atoms with Crippen LogP contribution in [0, 0.1) is 0 Å². The first-order valence-electron chi connectivity index (χ1n) is 10.5. The van der Waals surface area contributed by atoms with E-state index in [0.29, 0.717) is 6.54 Å². The van der Waals surface area contributed by atoms with Crippen molar-refractivity contribution in [1.82, 2.24) is 30.3 Å². The number of hydrogen-bond donors (Lipinski definition) is 2. The van der Waals surface area contributed by atoms with Gasteiger partial charge in [-0.2, -0.15) is 0 Å². The zero-order valence-corrected chi connectivity index (χ0v) is 16.5. The third-order valence-electron chi connectivity index (χ3n) is 5.57. The molecule has 7 nitrogen and oxygen atoms in total. The number of likely N-dealkylation sites (tertiary alicyclic amines) is 1. The summed E-state index contributed by atoms with van der Waals surface area (Å²) < 4.78 is 2.25. The van der Waals surface area contributed by atoms with Gasteiger partial charge >= 0.3 is 0 Å². The van der Waals surface area contributed by atoms with E-state index in [0.717, 1.165) is 56.3 Å². The molecule has 1 unspecified atom stereocenters. The van der Waals surface area contributed by atoms with E-state index >= 15 is 0 Å². The second-order valence-electron chi connectivity index (χ2n) is 7.36. The van der Waals surface area contributed by atoms with Crippen molar-refractivity contribution in [2.45, 2.75) is 77.9 Å². The highest BCUT2D eigenvalue weighted by molar-refractivity contribution is 5.79. The van der Waals surface area contributed by atoms with E-state index in [9.17, 15) is 0 Å². The number of nitrogens with one attached hydrogen (secondary N) is 2. The third-order valence-corrected chi connectivity index (χ3v) is 5.57. The summed E-state index contributed by atoms with van der Waals surface area (Å²) in [5.41, 5.74) is 0. The summed E-state index contributed by atoms with van der Waals surface area (Å²) in [7, 11) is 0. The summed E-state index contributed by atoms with van der Waals surface area (Å²) in [4.78, 5) is 7.37. The molecule has 2 aliphatic heterocycles. The van der Waals surface area contributed by atoms with Crippen LogP contribution in [-0.4, -0.2) is 57.8 Å². The Morgan fingerprint density at radius 2 is 2.00 bits per heavy atom. The molecule has 3 rings (SSSR count). The van der Waals surface area contributed by atoms with Gasteiger partial charge in [-0.15, -0.1) is 10.2 Å². The predicted octanol–water partition coefficient (Wildman–Crippen LogP) is 1.93. The lowest BCUT2D eigenvalue weighted by Crippen LogP contribution is -2.45.